The van der Waals surface area contributed by atoms with Gasteiger partial charge in [-0.3, -0.25) is 9.36 Å². The van der Waals surface area contributed by atoms with E-state index in [0.717, 1.165) is 35.6 Å². The Kier molecular flexibility index (Phi) is 3.85. The molecule has 1 aliphatic rings. The molecule has 0 spiro atoms. The van der Waals surface area contributed by atoms with Crippen LogP contribution < -0.4 is 5.56 Å². The zero-order valence-electron chi connectivity index (χ0n) is 14.4. The number of rotatable bonds is 0. The quantitative estimate of drug-likeness (QED) is 0.594. The third-order valence-corrected chi connectivity index (χ3v) is 5.05. The molecule has 0 aliphatic carbocycles. The van der Waals surface area contributed by atoms with Gasteiger partial charge in [-0.1, -0.05) is 25.8 Å². The van der Waals surface area contributed by atoms with Crippen LogP contribution in [0, 0.1) is 17.8 Å². The van der Waals surface area contributed by atoms with Gasteiger partial charge in [0.25, 0.3) is 5.56 Å². The second kappa shape index (κ2) is 6.18. The van der Waals surface area contributed by atoms with Gasteiger partial charge in [-0.25, -0.2) is 9.97 Å². The van der Waals surface area contributed by atoms with Crippen molar-refractivity contribution in [3.8, 4) is 11.8 Å². The van der Waals surface area contributed by atoms with Crippen molar-refractivity contribution >= 4 is 10.9 Å². The van der Waals surface area contributed by atoms with Crippen LogP contribution in [0.5, 0.6) is 0 Å². The summed E-state index contributed by atoms with van der Waals surface area (Å²) < 4.78 is 1.84. The molecule has 0 radical (unpaired) electrons. The van der Waals surface area contributed by atoms with Crippen molar-refractivity contribution in [2.24, 2.45) is 5.92 Å². The standard InChI is InChI=1S/C21H19N3O/c1-14-10-12-24-20(15(14)2)23-19-13-16(7-9-18(19)21(24)25)6-8-17-5-3-4-11-22-17/h3-5,7,9,11,13-15H,10,12H2,1-2H3. The molecule has 0 fully saturated rings. The maximum absolute atomic E-state index is 12.8. The van der Waals surface area contributed by atoms with Crippen LogP contribution in [0.3, 0.4) is 0 Å². The van der Waals surface area contributed by atoms with Gasteiger partial charge in [0.2, 0.25) is 0 Å². The van der Waals surface area contributed by atoms with Crippen LogP contribution in [-0.4, -0.2) is 14.5 Å². The molecule has 3 aromatic rings. The molecule has 124 valence electrons. The fraction of sp³-hybridized carbons (Fsp3) is 0.286. The highest BCUT2D eigenvalue weighted by molar-refractivity contribution is 5.79. The Morgan fingerprint density at radius 3 is 2.84 bits per heavy atom. The van der Waals surface area contributed by atoms with Crippen LogP contribution in [0.2, 0.25) is 0 Å². The number of aromatic nitrogens is 3. The van der Waals surface area contributed by atoms with Gasteiger partial charge in [0.05, 0.1) is 10.9 Å². The third-order valence-electron chi connectivity index (χ3n) is 5.05. The fourth-order valence-corrected chi connectivity index (χ4v) is 3.29. The van der Waals surface area contributed by atoms with Gasteiger partial charge in [-0.05, 0) is 48.6 Å². The van der Waals surface area contributed by atoms with Gasteiger partial charge in [0.15, 0.2) is 0 Å². The Bertz CT molecular complexity index is 1060. The molecule has 25 heavy (non-hydrogen) atoms. The summed E-state index contributed by atoms with van der Waals surface area (Å²) in [4.78, 5) is 21.8. The van der Waals surface area contributed by atoms with Crippen LogP contribution in [0.1, 0.15) is 43.3 Å². The Morgan fingerprint density at radius 2 is 2.04 bits per heavy atom. The first kappa shape index (κ1) is 15.6. The van der Waals surface area contributed by atoms with Crippen molar-refractivity contribution in [1.29, 1.82) is 0 Å². The van der Waals surface area contributed by atoms with Crippen molar-refractivity contribution in [1.82, 2.24) is 14.5 Å². The zero-order chi connectivity index (χ0) is 17.4. The molecule has 2 aromatic heterocycles. The van der Waals surface area contributed by atoms with Crippen LogP contribution in [0.15, 0.2) is 47.4 Å². The predicted octanol–water partition coefficient (Wildman–Crippen LogP) is 3.33. The first-order valence-corrected chi connectivity index (χ1v) is 8.61. The molecule has 4 rings (SSSR count). The molecule has 0 bridgehead atoms. The van der Waals surface area contributed by atoms with E-state index in [2.05, 4.69) is 30.7 Å². The highest BCUT2D eigenvalue weighted by atomic mass is 16.1. The number of pyridine rings is 1. The topological polar surface area (TPSA) is 47.8 Å². The summed E-state index contributed by atoms with van der Waals surface area (Å²) in [6.07, 6.45) is 2.75. The Hall–Kier alpha value is -2.93. The Balaban J connectivity index is 1.81. The number of fused-ring (bicyclic) bond motifs is 2. The molecule has 0 saturated heterocycles. The average Bonchev–Trinajstić information content (AvgIpc) is 2.64. The minimum atomic E-state index is 0.0583. The van der Waals surface area contributed by atoms with E-state index in [1.54, 1.807) is 6.20 Å². The van der Waals surface area contributed by atoms with E-state index in [0.29, 0.717) is 11.3 Å². The average molecular weight is 329 g/mol. The van der Waals surface area contributed by atoms with Crippen molar-refractivity contribution in [2.45, 2.75) is 32.7 Å². The molecule has 4 nitrogen and oxygen atoms in total. The van der Waals surface area contributed by atoms with Crippen LogP contribution >= 0.6 is 0 Å². The SMILES string of the molecule is CC1CCn2c(nc3cc(C#Cc4ccccn4)ccc3c2=O)C1C. The second-order valence-electron chi connectivity index (χ2n) is 6.68. The summed E-state index contributed by atoms with van der Waals surface area (Å²) in [5.74, 6) is 7.88. The molecule has 2 unspecified atom stereocenters. The molecule has 0 saturated carbocycles. The van der Waals surface area contributed by atoms with Crippen LogP contribution in [-0.2, 0) is 6.54 Å². The lowest BCUT2D eigenvalue weighted by atomic mass is 9.89. The minimum Gasteiger partial charge on any atom is -0.296 e. The smallest absolute Gasteiger partial charge is 0.261 e. The lowest BCUT2D eigenvalue weighted by molar-refractivity contribution is 0.340. The van der Waals surface area contributed by atoms with E-state index in [4.69, 9.17) is 4.98 Å². The van der Waals surface area contributed by atoms with Crippen LogP contribution in [0.25, 0.3) is 10.9 Å². The second-order valence-corrected chi connectivity index (χ2v) is 6.68. The van der Waals surface area contributed by atoms with Crippen molar-refractivity contribution in [3.05, 3.63) is 70.0 Å². The summed E-state index contributed by atoms with van der Waals surface area (Å²) in [6.45, 7) is 5.13. The van der Waals surface area contributed by atoms with Gasteiger partial charge in [-0.2, -0.15) is 0 Å². The van der Waals surface area contributed by atoms with E-state index in [-0.39, 0.29) is 11.5 Å². The maximum atomic E-state index is 12.8. The molecule has 3 heterocycles. The predicted molar refractivity (Wildman–Crippen MR) is 98.4 cm³/mol. The molecule has 1 aromatic carbocycles. The lowest BCUT2D eigenvalue weighted by Crippen LogP contribution is -2.33. The number of hydrogen-bond donors (Lipinski definition) is 0. The third kappa shape index (κ3) is 2.83. The van der Waals surface area contributed by atoms with Crippen molar-refractivity contribution in [3.63, 3.8) is 0 Å². The van der Waals surface area contributed by atoms with Gasteiger partial charge < -0.3 is 0 Å². The highest BCUT2D eigenvalue weighted by Gasteiger charge is 2.26. The molecular formula is C21H19N3O. The summed E-state index contributed by atoms with van der Waals surface area (Å²) >= 11 is 0. The number of nitrogens with zero attached hydrogens (tertiary/aromatic N) is 3. The zero-order valence-corrected chi connectivity index (χ0v) is 14.4. The van der Waals surface area contributed by atoms with Gasteiger partial charge in [0.1, 0.15) is 11.5 Å². The monoisotopic (exact) mass is 329 g/mol. The van der Waals surface area contributed by atoms with Crippen LogP contribution in [0.4, 0.5) is 0 Å². The maximum Gasteiger partial charge on any atom is 0.261 e. The van der Waals surface area contributed by atoms with E-state index in [1.165, 1.54) is 0 Å². The van der Waals surface area contributed by atoms with E-state index < -0.39 is 0 Å². The summed E-state index contributed by atoms with van der Waals surface area (Å²) in [5, 5.41) is 0.661. The number of hydrogen-bond acceptors (Lipinski definition) is 3. The summed E-state index contributed by atoms with van der Waals surface area (Å²) in [5.41, 5.74) is 2.35. The molecule has 2 atom stereocenters. The van der Waals surface area contributed by atoms with Crippen molar-refractivity contribution < 1.29 is 0 Å². The molecule has 0 N–H and O–H groups in total. The van der Waals surface area contributed by atoms with Gasteiger partial charge in [0, 0.05) is 24.2 Å². The summed E-state index contributed by atoms with van der Waals surface area (Å²) in [7, 11) is 0. The lowest BCUT2D eigenvalue weighted by Gasteiger charge is -2.28. The van der Waals surface area contributed by atoms with E-state index in [1.807, 2.05) is 41.0 Å². The molecule has 0 amide bonds. The van der Waals surface area contributed by atoms with Crippen molar-refractivity contribution in [2.75, 3.05) is 0 Å². The number of benzene rings is 1. The van der Waals surface area contributed by atoms with Gasteiger partial charge in [-0.15, -0.1) is 0 Å². The minimum absolute atomic E-state index is 0.0583. The first-order chi connectivity index (χ1) is 12.1. The Labute approximate surface area is 146 Å². The summed E-state index contributed by atoms with van der Waals surface area (Å²) in [6, 6.07) is 11.3. The molecule has 4 heteroatoms. The normalized spacial score (nSPS) is 19.1. The fourth-order valence-electron chi connectivity index (χ4n) is 3.29. The molecular weight excluding hydrogens is 310 g/mol. The van der Waals surface area contributed by atoms with Gasteiger partial charge >= 0.3 is 0 Å². The Morgan fingerprint density at radius 1 is 1.16 bits per heavy atom. The highest BCUT2D eigenvalue weighted by Crippen LogP contribution is 2.30. The molecule has 1 aliphatic heterocycles. The first-order valence-electron chi connectivity index (χ1n) is 8.61. The van der Waals surface area contributed by atoms with E-state index >= 15 is 0 Å². The van der Waals surface area contributed by atoms with E-state index in [9.17, 15) is 4.79 Å². The largest absolute Gasteiger partial charge is 0.296 e.